The second kappa shape index (κ2) is 12.0. The van der Waals surface area contributed by atoms with Crippen LogP contribution in [0, 0.1) is 17.1 Å². The van der Waals surface area contributed by atoms with Crippen molar-refractivity contribution < 1.29 is 4.39 Å². The minimum absolute atomic E-state index is 0.218. The fraction of sp³-hybridized carbons (Fsp3) is 0.280. The lowest BCUT2D eigenvalue weighted by atomic mass is 9.99. The molecule has 1 heterocycles. The summed E-state index contributed by atoms with van der Waals surface area (Å²) in [7, 11) is 0.478. The van der Waals surface area contributed by atoms with Crippen LogP contribution >= 0.6 is 8.58 Å². The largest absolute Gasteiger partial charge is 0.371 e. The van der Waals surface area contributed by atoms with E-state index < -0.39 is 0 Å². The summed E-state index contributed by atoms with van der Waals surface area (Å²) >= 11 is 0. The van der Waals surface area contributed by atoms with Gasteiger partial charge in [0.15, 0.2) is 0 Å². The molecule has 0 saturated heterocycles. The molecule has 1 aliphatic rings. The van der Waals surface area contributed by atoms with E-state index in [1.807, 2.05) is 55.1 Å². The number of allylic oxidation sites excluding steroid dienone is 5. The van der Waals surface area contributed by atoms with E-state index in [0.29, 0.717) is 20.1 Å². The van der Waals surface area contributed by atoms with E-state index in [2.05, 4.69) is 36.5 Å². The Balaban J connectivity index is 2.34. The van der Waals surface area contributed by atoms with Crippen LogP contribution in [0.15, 0.2) is 83.9 Å². The van der Waals surface area contributed by atoms with E-state index in [4.69, 9.17) is 0 Å². The van der Waals surface area contributed by atoms with Crippen LogP contribution < -0.4 is 10.6 Å². The van der Waals surface area contributed by atoms with Gasteiger partial charge in [0.05, 0.1) is 24.2 Å². The van der Waals surface area contributed by atoms with Gasteiger partial charge in [-0.3, -0.25) is 0 Å². The normalized spacial score (nSPS) is 15.5. The SMILES string of the molecule is C=C(N=C(/C=C\C)C1=CC(=C)N(C(CC#N)c2cc(F)cc(PC)c2)C=C1)NCCC. The number of hydrogen-bond acceptors (Lipinski definition) is 4. The van der Waals surface area contributed by atoms with Crippen molar-refractivity contribution in [2.75, 3.05) is 13.2 Å². The van der Waals surface area contributed by atoms with Gasteiger partial charge in [-0.2, -0.15) is 5.26 Å². The summed E-state index contributed by atoms with van der Waals surface area (Å²) < 4.78 is 14.2. The van der Waals surface area contributed by atoms with Gasteiger partial charge < -0.3 is 10.2 Å². The lowest BCUT2D eigenvalue weighted by Crippen LogP contribution is -2.25. The minimum atomic E-state index is -0.319. The highest BCUT2D eigenvalue weighted by Gasteiger charge is 2.23. The molecule has 0 saturated carbocycles. The summed E-state index contributed by atoms with van der Waals surface area (Å²) in [6.45, 7) is 15.0. The molecule has 0 aliphatic carbocycles. The van der Waals surface area contributed by atoms with Crippen LogP contribution in [0.5, 0.6) is 0 Å². The topological polar surface area (TPSA) is 51.4 Å². The van der Waals surface area contributed by atoms with Gasteiger partial charge in [0.1, 0.15) is 11.6 Å². The highest BCUT2D eigenvalue weighted by molar-refractivity contribution is 7.46. The zero-order chi connectivity index (χ0) is 22.8. The van der Waals surface area contributed by atoms with Gasteiger partial charge in [-0.25, -0.2) is 9.38 Å². The van der Waals surface area contributed by atoms with E-state index in [9.17, 15) is 9.65 Å². The third-order valence-corrected chi connectivity index (χ3v) is 5.60. The maximum absolute atomic E-state index is 14.2. The van der Waals surface area contributed by atoms with Crippen LogP contribution in [0.2, 0.25) is 0 Å². The van der Waals surface area contributed by atoms with Gasteiger partial charge in [0.25, 0.3) is 0 Å². The number of rotatable bonds is 10. The zero-order valence-corrected chi connectivity index (χ0v) is 19.5. The first-order chi connectivity index (χ1) is 14.9. The molecule has 1 N–H and O–H groups in total. The van der Waals surface area contributed by atoms with Crippen LogP contribution in [-0.2, 0) is 0 Å². The van der Waals surface area contributed by atoms with Gasteiger partial charge in [-0.15, -0.1) is 0 Å². The highest BCUT2D eigenvalue weighted by atomic mass is 31.1. The van der Waals surface area contributed by atoms with E-state index in [-0.39, 0.29) is 18.3 Å². The van der Waals surface area contributed by atoms with Gasteiger partial charge >= 0.3 is 0 Å². The maximum atomic E-state index is 14.2. The second-order valence-corrected chi connectivity index (χ2v) is 8.16. The Morgan fingerprint density at radius 3 is 2.81 bits per heavy atom. The van der Waals surface area contributed by atoms with Crippen molar-refractivity contribution in [2.45, 2.75) is 32.7 Å². The fourth-order valence-electron chi connectivity index (χ4n) is 3.24. The molecule has 2 atom stereocenters. The lowest BCUT2D eigenvalue weighted by molar-refractivity contribution is 0.357. The maximum Gasteiger partial charge on any atom is 0.124 e. The van der Waals surface area contributed by atoms with Crippen molar-refractivity contribution in [1.82, 2.24) is 10.2 Å². The number of halogens is 1. The molecule has 0 spiro atoms. The Hall–Kier alpha value is -2.96. The minimum Gasteiger partial charge on any atom is -0.371 e. The van der Waals surface area contributed by atoms with E-state index in [1.165, 1.54) is 6.07 Å². The summed E-state index contributed by atoms with van der Waals surface area (Å²) in [5, 5.41) is 13.5. The number of benzene rings is 1. The molecule has 0 radical (unpaired) electrons. The molecule has 0 fully saturated rings. The molecule has 4 nitrogen and oxygen atoms in total. The van der Waals surface area contributed by atoms with Crippen molar-refractivity contribution in [3.05, 3.63) is 90.3 Å². The van der Waals surface area contributed by atoms with E-state index in [1.54, 1.807) is 6.07 Å². The van der Waals surface area contributed by atoms with Gasteiger partial charge in [-0.1, -0.05) is 34.7 Å². The molecule has 1 aromatic carbocycles. The number of nitriles is 1. The van der Waals surface area contributed by atoms with Crippen LogP contribution in [-0.4, -0.2) is 23.8 Å². The predicted octanol–water partition coefficient (Wildman–Crippen LogP) is 5.47. The number of nitrogens with one attached hydrogen (secondary N) is 1. The highest BCUT2D eigenvalue weighted by Crippen LogP contribution is 2.32. The summed E-state index contributed by atoms with van der Waals surface area (Å²) in [6.07, 6.45) is 10.8. The third-order valence-electron chi connectivity index (χ3n) is 4.74. The molecule has 1 aliphatic heterocycles. The van der Waals surface area contributed by atoms with Crippen LogP contribution in [0.25, 0.3) is 0 Å². The molecule has 2 rings (SSSR count). The fourth-order valence-corrected chi connectivity index (χ4v) is 3.84. The summed E-state index contributed by atoms with van der Waals surface area (Å²) in [6, 6.07) is 6.93. The third kappa shape index (κ3) is 6.77. The van der Waals surface area contributed by atoms with E-state index >= 15 is 0 Å². The van der Waals surface area contributed by atoms with Crippen molar-refractivity contribution in [3.8, 4) is 6.07 Å². The first-order valence-corrected chi connectivity index (χ1v) is 11.8. The summed E-state index contributed by atoms with van der Waals surface area (Å²) in [4.78, 5) is 6.52. The average Bonchev–Trinajstić information content (AvgIpc) is 2.75. The number of aliphatic imine (C=N–C) groups is 1. The molecular formula is C25H30FN4P. The molecule has 1 aromatic rings. The Morgan fingerprint density at radius 2 is 2.19 bits per heavy atom. The first-order valence-electron chi connectivity index (χ1n) is 10.3. The summed E-state index contributed by atoms with van der Waals surface area (Å²) in [5.41, 5.74) is 3.15. The molecule has 6 heteroatoms. The molecule has 0 amide bonds. The van der Waals surface area contributed by atoms with Crippen molar-refractivity contribution >= 4 is 19.6 Å². The molecule has 162 valence electrons. The molecule has 0 aromatic heterocycles. The first kappa shape index (κ1) is 24.3. The zero-order valence-electron chi connectivity index (χ0n) is 18.5. The summed E-state index contributed by atoms with van der Waals surface area (Å²) in [5.74, 6) is 0.320. The van der Waals surface area contributed by atoms with Crippen LogP contribution in [0.3, 0.4) is 0 Å². The predicted molar refractivity (Wildman–Crippen MR) is 131 cm³/mol. The Labute approximate surface area is 187 Å². The quantitative estimate of drug-likeness (QED) is 0.391. The monoisotopic (exact) mass is 436 g/mol. The average molecular weight is 437 g/mol. The smallest absolute Gasteiger partial charge is 0.124 e. The van der Waals surface area contributed by atoms with Crippen molar-refractivity contribution in [1.29, 1.82) is 5.26 Å². The Bertz CT molecular complexity index is 982. The van der Waals surface area contributed by atoms with Crippen LogP contribution in [0.1, 0.15) is 38.3 Å². The molecule has 2 unspecified atom stereocenters. The second-order valence-electron chi connectivity index (χ2n) is 7.09. The Kier molecular flexibility index (Phi) is 9.43. The molecule has 31 heavy (non-hydrogen) atoms. The van der Waals surface area contributed by atoms with Gasteiger partial charge in [0.2, 0.25) is 0 Å². The van der Waals surface area contributed by atoms with Crippen molar-refractivity contribution in [3.63, 3.8) is 0 Å². The number of hydrogen-bond donors (Lipinski definition) is 1. The Morgan fingerprint density at radius 1 is 1.42 bits per heavy atom. The van der Waals surface area contributed by atoms with Crippen molar-refractivity contribution in [2.24, 2.45) is 4.99 Å². The standard InChI is InChI=1S/C25H30FN4P/c1-6-8-24(29-19(4)28-12-7-2)20-10-13-30(18(3)14-20)25(9-11-27)21-15-22(26)17-23(16-21)31-5/h6,8,10,13-17,25,28,31H,3-4,7,9,12H2,1-2,5H3/b8-6-,29-24?. The van der Waals surface area contributed by atoms with Gasteiger partial charge in [0, 0.05) is 24.0 Å². The van der Waals surface area contributed by atoms with Gasteiger partial charge in [-0.05, 0) is 67.3 Å². The van der Waals surface area contributed by atoms with Crippen LogP contribution in [0.4, 0.5) is 4.39 Å². The molecular weight excluding hydrogens is 406 g/mol. The number of nitrogens with zero attached hydrogens (tertiary/aromatic N) is 3. The molecule has 0 bridgehead atoms. The van der Waals surface area contributed by atoms with E-state index in [0.717, 1.165) is 35.1 Å². The lowest BCUT2D eigenvalue weighted by Gasteiger charge is -2.32.